The summed E-state index contributed by atoms with van der Waals surface area (Å²) < 4.78 is 11.6. The van der Waals surface area contributed by atoms with Crippen molar-refractivity contribution in [2.45, 2.75) is 13.5 Å². The summed E-state index contributed by atoms with van der Waals surface area (Å²) in [6.45, 7) is 2.50. The van der Waals surface area contributed by atoms with Crippen molar-refractivity contribution in [1.29, 1.82) is 0 Å². The number of benzene rings is 3. The summed E-state index contributed by atoms with van der Waals surface area (Å²) >= 11 is 6.16. The van der Waals surface area contributed by atoms with Crippen molar-refractivity contribution in [2.24, 2.45) is 0 Å². The van der Waals surface area contributed by atoms with E-state index >= 15 is 0 Å². The number of carbonyl (C=O) groups is 1. The second-order valence-electron chi connectivity index (χ2n) is 6.39. The van der Waals surface area contributed by atoms with Crippen molar-refractivity contribution >= 4 is 23.5 Å². The average Bonchev–Trinajstić information content (AvgIpc) is 2.98. The van der Waals surface area contributed by atoms with Gasteiger partial charge in [0.25, 0.3) is 0 Å². The van der Waals surface area contributed by atoms with Crippen molar-refractivity contribution < 1.29 is 14.3 Å². The van der Waals surface area contributed by atoms with Gasteiger partial charge < -0.3 is 9.47 Å². The molecule has 0 atom stereocenters. The Morgan fingerprint density at radius 1 is 1.04 bits per heavy atom. The van der Waals surface area contributed by atoms with E-state index in [2.05, 4.69) is 12.1 Å². The van der Waals surface area contributed by atoms with Crippen LogP contribution in [0.2, 0.25) is 5.02 Å². The first-order chi connectivity index (χ1) is 13.1. The van der Waals surface area contributed by atoms with E-state index in [1.165, 1.54) is 5.56 Å². The van der Waals surface area contributed by atoms with Crippen molar-refractivity contribution in [3.63, 3.8) is 0 Å². The van der Waals surface area contributed by atoms with Gasteiger partial charge in [-0.25, -0.2) is 0 Å². The molecule has 1 heterocycles. The highest BCUT2D eigenvalue weighted by Gasteiger charge is 2.27. The summed E-state index contributed by atoms with van der Waals surface area (Å²) in [6.07, 6.45) is 1.66. The van der Waals surface area contributed by atoms with E-state index in [-0.39, 0.29) is 11.5 Å². The van der Waals surface area contributed by atoms with Gasteiger partial charge >= 0.3 is 0 Å². The number of carbonyl (C=O) groups excluding carboxylic acids is 1. The Morgan fingerprint density at radius 3 is 2.59 bits per heavy atom. The highest BCUT2D eigenvalue weighted by molar-refractivity contribution is 6.32. The van der Waals surface area contributed by atoms with Crippen LogP contribution in [0.1, 0.15) is 27.0 Å². The van der Waals surface area contributed by atoms with Gasteiger partial charge in [-0.1, -0.05) is 59.6 Å². The zero-order valence-corrected chi connectivity index (χ0v) is 15.5. The van der Waals surface area contributed by atoms with Gasteiger partial charge in [-0.15, -0.1) is 0 Å². The molecular formula is C23H17ClO3. The van der Waals surface area contributed by atoms with Gasteiger partial charge in [0, 0.05) is 11.1 Å². The Hall–Kier alpha value is -3.04. The Kier molecular flexibility index (Phi) is 4.69. The molecule has 3 aromatic rings. The summed E-state index contributed by atoms with van der Waals surface area (Å²) in [4.78, 5) is 12.6. The number of rotatable bonds is 4. The smallest absolute Gasteiger partial charge is 0.231 e. The predicted molar refractivity (Wildman–Crippen MR) is 106 cm³/mol. The Labute approximate surface area is 162 Å². The zero-order chi connectivity index (χ0) is 18.8. The summed E-state index contributed by atoms with van der Waals surface area (Å²) in [6, 6.07) is 20.7. The molecule has 0 bridgehead atoms. The number of halogens is 1. The number of ketones is 1. The van der Waals surface area contributed by atoms with Crippen molar-refractivity contribution in [1.82, 2.24) is 0 Å². The fourth-order valence-electron chi connectivity index (χ4n) is 2.84. The molecule has 4 rings (SSSR count). The van der Waals surface area contributed by atoms with Crippen LogP contribution < -0.4 is 9.47 Å². The Balaban J connectivity index is 1.52. The van der Waals surface area contributed by atoms with E-state index in [0.29, 0.717) is 28.7 Å². The minimum Gasteiger partial charge on any atom is -0.489 e. The minimum absolute atomic E-state index is 0.157. The van der Waals surface area contributed by atoms with Crippen LogP contribution in [0.25, 0.3) is 6.08 Å². The van der Waals surface area contributed by atoms with Crippen LogP contribution in [0.3, 0.4) is 0 Å². The summed E-state index contributed by atoms with van der Waals surface area (Å²) in [5.74, 6) is 1.25. The van der Waals surface area contributed by atoms with Gasteiger partial charge in [0.2, 0.25) is 5.78 Å². The van der Waals surface area contributed by atoms with Crippen molar-refractivity contribution in [3.8, 4) is 11.5 Å². The lowest BCUT2D eigenvalue weighted by molar-refractivity contribution is 0.101. The molecule has 4 heteroatoms. The summed E-state index contributed by atoms with van der Waals surface area (Å²) in [5, 5.41) is 0.569. The fraction of sp³-hybridized carbons (Fsp3) is 0.0870. The molecule has 134 valence electrons. The minimum atomic E-state index is -0.157. The molecule has 0 saturated heterocycles. The summed E-state index contributed by atoms with van der Waals surface area (Å²) in [7, 11) is 0. The molecule has 0 saturated carbocycles. The van der Waals surface area contributed by atoms with Gasteiger partial charge in [-0.05, 0) is 42.3 Å². The van der Waals surface area contributed by atoms with Crippen LogP contribution in [0, 0.1) is 6.92 Å². The molecule has 0 aliphatic carbocycles. The third-order valence-electron chi connectivity index (χ3n) is 4.36. The molecule has 0 radical (unpaired) electrons. The molecule has 0 spiro atoms. The van der Waals surface area contributed by atoms with Crippen molar-refractivity contribution in [2.75, 3.05) is 0 Å². The molecule has 0 amide bonds. The second-order valence-corrected chi connectivity index (χ2v) is 6.80. The van der Waals surface area contributed by atoms with Crippen LogP contribution in [0.5, 0.6) is 11.5 Å². The normalized spacial score (nSPS) is 14.1. The Bertz CT molecular complexity index is 1040. The SMILES string of the molecule is Cc1ccc(COc2ccc3c(c2)OC(=Cc2ccccc2Cl)C3=O)cc1. The molecule has 0 unspecified atom stereocenters. The van der Waals surface area contributed by atoms with E-state index in [0.717, 1.165) is 11.1 Å². The fourth-order valence-corrected chi connectivity index (χ4v) is 3.03. The van der Waals surface area contributed by atoms with Crippen LogP contribution in [-0.2, 0) is 6.61 Å². The third-order valence-corrected chi connectivity index (χ3v) is 4.70. The highest BCUT2D eigenvalue weighted by atomic mass is 35.5. The van der Waals surface area contributed by atoms with Crippen molar-refractivity contribution in [3.05, 3.63) is 99.8 Å². The van der Waals surface area contributed by atoms with Crippen LogP contribution in [0.4, 0.5) is 0 Å². The van der Waals surface area contributed by atoms with Crippen LogP contribution in [-0.4, -0.2) is 5.78 Å². The van der Waals surface area contributed by atoms with Crippen LogP contribution >= 0.6 is 11.6 Å². The predicted octanol–water partition coefficient (Wildman–Crippen LogP) is 5.84. The average molecular weight is 377 g/mol. The van der Waals surface area contributed by atoms with Gasteiger partial charge in [0.05, 0.1) is 5.56 Å². The molecule has 3 aromatic carbocycles. The number of aryl methyl sites for hydroxylation is 1. The Morgan fingerprint density at radius 2 is 1.81 bits per heavy atom. The van der Waals surface area contributed by atoms with Gasteiger partial charge in [0.1, 0.15) is 18.1 Å². The maximum Gasteiger partial charge on any atom is 0.231 e. The first-order valence-electron chi connectivity index (χ1n) is 8.61. The maximum atomic E-state index is 12.6. The van der Waals surface area contributed by atoms with Crippen LogP contribution in [0.15, 0.2) is 72.5 Å². The highest BCUT2D eigenvalue weighted by Crippen LogP contribution is 2.35. The van der Waals surface area contributed by atoms with E-state index < -0.39 is 0 Å². The molecule has 0 aromatic heterocycles. The number of ether oxygens (including phenoxy) is 2. The molecular weight excluding hydrogens is 360 g/mol. The van der Waals surface area contributed by atoms with Gasteiger partial charge in [-0.3, -0.25) is 4.79 Å². The van der Waals surface area contributed by atoms with E-state index in [1.54, 1.807) is 30.3 Å². The topological polar surface area (TPSA) is 35.5 Å². The quantitative estimate of drug-likeness (QED) is 0.536. The number of hydrogen-bond donors (Lipinski definition) is 0. The third kappa shape index (κ3) is 3.74. The number of allylic oxidation sites excluding steroid dienone is 1. The first kappa shape index (κ1) is 17.4. The first-order valence-corrected chi connectivity index (χ1v) is 8.99. The monoisotopic (exact) mass is 376 g/mol. The lowest BCUT2D eigenvalue weighted by Crippen LogP contribution is -1.98. The molecule has 1 aliphatic heterocycles. The lowest BCUT2D eigenvalue weighted by Gasteiger charge is -2.07. The lowest BCUT2D eigenvalue weighted by atomic mass is 10.1. The van der Waals surface area contributed by atoms with E-state index in [9.17, 15) is 4.79 Å². The molecule has 1 aliphatic rings. The second kappa shape index (κ2) is 7.29. The van der Waals surface area contributed by atoms with Gasteiger partial charge in [-0.2, -0.15) is 0 Å². The maximum absolute atomic E-state index is 12.6. The molecule has 27 heavy (non-hydrogen) atoms. The summed E-state index contributed by atoms with van der Waals surface area (Å²) in [5.41, 5.74) is 3.56. The number of hydrogen-bond acceptors (Lipinski definition) is 3. The van der Waals surface area contributed by atoms with Gasteiger partial charge in [0.15, 0.2) is 5.76 Å². The zero-order valence-electron chi connectivity index (χ0n) is 14.7. The van der Waals surface area contributed by atoms with E-state index in [1.807, 2.05) is 37.3 Å². The standard InChI is InChI=1S/C23H17ClO3/c1-15-6-8-16(9-7-15)14-26-18-10-11-19-21(13-18)27-22(23(19)25)12-17-4-2-3-5-20(17)24/h2-13H,14H2,1H3. The molecule has 0 N–H and O–H groups in total. The molecule has 3 nitrogen and oxygen atoms in total. The van der Waals surface area contributed by atoms with E-state index in [4.69, 9.17) is 21.1 Å². The largest absolute Gasteiger partial charge is 0.489 e. The number of Topliss-reactive ketones (excluding diaryl/α,β-unsaturated/α-hetero) is 1. The molecule has 0 fully saturated rings. The number of fused-ring (bicyclic) bond motifs is 1.